The molecule has 0 amide bonds. The maximum atomic E-state index is 9.92. The maximum Gasteiger partial charge on any atom is 0.119 e. The number of anilines is 1. The van der Waals surface area contributed by atoms with Gasteiger partial charge in [-0.15, -0.1) is 0 Å². The lowest BCUT2D eigenvalue weighted by Gasteiger charge is -2.36. The van der Waals surface area contributed by atoms with Crippen molar-refractivity contribution in [2.45, 2.75) is 26.8 Å². The lowest BCUT2D eigenvalue weighted by Crippen LogP contribution is -2.48. The van der Waals surface area contributed by atoms with Crippen LogP contribution in [0.3, 0.4) is 0 Å². The van der Waals surface area contributed by atoms with Crippen LogP contribution in [-0.2, 0) is 0 Å². The topological polar surface area (TPSA) is 38.7 Å². The molecule has 0 spiro atoms. The van der Waals surface area contributed by atoms with E-state index in [0.29, 0.717) is 11.8 Å². The molecule has 0 atom stereocenters. The largest absolute Gasteiger partial charge is 0.508 e. The van der Waals surface area contributed by atoms with E-state index in [1.165, 1.54) is 5.69 Å². The van der Waals surface area contributed by atoms with Crippen LogP contribution in [0.2, 0.25) is 0 Å². The highest BCUT2D eigenvalue weighted by Crippen LogP contribution is 2.28. The highest BCUT2D eigenvalue weighted by atomic mass is 16.3. The van der Waals surface area contributed by atoms with Gasteiger partial charge in [0.05, 0.1) is 0 Å². The predicted octanol–water partition coefficient (Wildman–Crippen LogP) is 3.49. The minimum atomic E-state index is 0.356. The molecule has 0 aliphatic carbocycles. The summed E-state index contributed by atoms with van der Waals surface area (Å²) in [4.78, 5) is 5.00. The van der Waals surface area contributed by atoms with Gasteiger partial charge in [-0.25, -0.2) is 0 Å². The third kappa shape index (κ3) is 4.77. The Morgan fingerprint density at radius 3 is 2.23 bits per heavy atom. The zero-order chi connectivity index (χ0) is 18.5. The molecule has 1 aliphatic heterocycles. The number of aryl methyl sites for hydroxylation is 1. The molecule has 2 aromatic rings. The molecule has 2 aromatic carbocycles. The molecule has 3 rings (SSSR count). The molecule has 0 aromatic heterocycles. The van der Waals surface area contributed by atoms with Gasteiger partial charge in [-0.3, -0.25) is 4.90 Å². The first-order valence-electron chi connectivity index (χ1n) is 9.63. The molecule has 0 unspecified atom stereocenters. The van der Waals surface area contributed by atoms with Crippen molar-refractivity contribution in [2.75, 3.05) is 44.2 Å². The average Bonchev–Trinajstić information content (AvgIpc) is 2.64. The maximum absolute atomic E-state index is 9.92. The van der Waals surface area contributed by atoms with Crippen molar-refractivity contribution in [2.24, 2.45) is 0 Å². The van der Waals surface area contributed by atoms with Gasteiger partial charge in [0.2, 0.25) is 0 Å². The first-order chi connectivity index (χ1) is 12.5. The second-order valence-electron chi connectivity index (χ2n) is 7.49. The predicted molar refractivity (Wildman–Crippen MR) is 110 cm³/mol. The molecular formula is C22H31N3O. The first-order valence-corrected chi connectivity index (χ1v) is 9.63. The van der Waals surface area contributed by atoms with Crippen molar-refractivity contribution in [1.29, 1.82) is 0 Å². The summed E-state index contributed by atoms with van der Waals surface area (Å²) in [5.74, 6) is 0.356. The summed E-state index contributed by atoms with van der Waals surface area (Å²) in [7, 11) is 0. The van der Waals surface area contributed by atoms with Gasteiger partial charge in [0.15, 0.2) is 0 Å². The standard InChI is InChI=1S/C22H31N3O/c1-17(2)23-10-11-24-12-14-25(15-13-24)21-8-6-19(7-9-21)20-5-4-18(3)22(26)16-20/h4-9,16-17,23,26H,10-15H2,1-3H3. The molecule has 26 heavy (non-hydrogen) atoms. The van der Waals surface area contributed by atoms with E-state index in [4.69, 9.17) is 0 Å². The van der Waals surface area contributed by atoms with Crippen LogP contribution in [0.4, 0.5) is 5.69 Å². The van der Waals surface area contributed by atoms with Crippen LogP contribution >= 0.6 is 0 Å². The van der Waals surface area contributed by atoms with Crippen LogP contribution in [0.25, 0.3) is 11.1 Å². The summed E-state index contributed by atoms with van der Waals surface area (Å²) >= 11 is 0. The van der Waals surface area contributed by atoms with Gasteiger partial charge >= 0.3 is 0 Å². The van der Waals surface area contributed by atoms with Gasteiger partial charge in [0.25, 0.3) is 0 Å². The molecule has 0 saturated carbocycles. The Hall–Kier alpha value is -2.04. The number of hydrogen-bond acceptors (Lipinski definition) is 4. The fourth-order valence-corrected chi connectivity index (χ4v) is 3.39. The van der Waals surface area contributed by atoms with Crippen molar-refractivity contribution in [3.05, 3.63) is 48.0 Å². The third-order valence-corrected chi connectivity index (χ3v) is 5.13. The molecule has 140 valence electrons. The van der Waals surface area contributed by atoms with E-state index in [2.05, 4.69) is 59.3 Å². The van der Waals surface area contributed by atoms with Crippen molar-refractivity contribution in [1.82, 2.24) is 10.2 Å². The summed E-state index contributed by atoms with van der Waals surface area (Å²) in [5.41, 5.74) is 4.39. The Kier molecular flexibility index (Phi) is 6.17. The van der Waals surface area contributed by atoms with Crippen LogP contribution in [0, 0.1) is 6.92 Å². The Balaban J connectivity index is 1.55. The number of nitrogens with one attached hydrogen (secondary N) is 1. The Morgan fingerprint density at radius 1 is 0.962 bits per heavy atom. The first kappa shape index (κ1) is 18.7. The fourth-order valence-electron chi connectivity index (χ4n) is 3.39. The highest BCUT2D eigenvalue weighted by molar-refractivity contribution is 5.68. The summed E-state index contributed by atoms with van der Waals surface area (Å²) in [5, 5.41) is 13.4. The molecule has 1 fully saturated rings. The number of aromatic hydroxyl groups is 1. The van der Waals surface area contributed by atoms with Crippen LogP contribution < -0.4 is 10.2 Å². The molecule has 1 heterocycles. The van der Waals surface area contributed by atoms with E-state index >= 15 is 0 Å². The van der Waals surface area contributed by atoms with Gasteiger partial charge in [0, 0.05) is 51.0 Å². The SMILES string of the molecule is Cc1ccc(-c2ccc(N3CCN(CCNC(C)C)CC3)cc2)cc1O. The number of phenolic OH excluding ortho intramolecular Hbond substituents is 1. The summed E-state index contributed by atoms with van der Waals surface area (Å²) < 4.78 is 0. The normalized spacial score (nSPS) is 15.6. The summed E-state index contributed by atoms with van der Waals surface area (Å²) in [6.45, 7) is 12.9. The fraction of sp³-hybridized carbons (Fsp3) is 0.455. The number of rotatable bonds is 6. The average molecular weight is 354 g/mol. The highest BCUT2D eigenvalue weighted by Gasteiger charge is 2.17. The number of piperazine rings is 1. The zero-order valence-corrected chi connectivity index (χ0v) is 16.2. The molecule has 0 radical (unpaired) electrons. The second-order valence-corrected chi connectivity index (χ2v) is 7.49. The van der Waals surface area contributed by atoms with Gasteiger partial charge in [-0.2, -0.15) is 0 Å². The number of nitrogens with zero attached hydrogens (tertiary/aromatic N) is 2. The van der Waals surface area contributed by atoms with E-state index < -0.39 is 0 Å². The molecule has 1 aliphatic rings. The smallest absolute Gasteiger partial charge is 0.119 e. The van der Waals surface area contributed by atoms with E-state index in [-0.39, 0.29) is 0 Å². The van der Waals surface area contributed by atoms with Crippen molar-refractivity contribution in [3.8, 4) is 16.9 Å². The van der Waals surface area contributed by atoms with Crippen LogP contribution in [0.1, 0.15) is 19.4 Å². The number of phenols is 1. The lowest BCUT2D eigenvalue weighted by molar-refractivity contribution is 0.255. The Labute approximate surface area is 157 Å². The van der Waals surface area contributed by atoms with Crippen molar-refractivity contribution < 1.29 is 5.11 Å². The molecule has 0 bridgehead atoms. The Morgan fingerprint density at radius 2 is 1.62 bits per heavy atom. The monoisotopic (exact) mass is 353 g/mol. The molecular weight excluding hydrogens is 322 g/mol. The van der Waals surface area contributed by atoms with Crippen LogP contribution in [0.15, 0.2) is 42.5 Å². The van der Waals surface area contributed by atoms with Crippen molar-refractivity contribution in [3.63, 3.8) is 0 Å². The van der Waals surface area contributed by atoms with Crippen LogP contribution in [0.5, 0.6) is 5.75 Å². The van der Waals surface area contributed by atoms with E-state index in [0.717, 1.165) is 56.0 Å². The Bertz CT molecular complexity index is 704. The van der Waals surface area contributed by atoms with E-state index in [1.807, 2.05) is 19.1 Å². The molecule has 2 N–H and O–H groups in total. The van der Waals surface area contributed by atoms with Gasteiger partial charge < -0.3 is 15.3 Å². The van der Waals surface area contributed by atoms with E-state index in [1.54, 1.807) is 0 Å². The molecule has 4 heteroatoms. The lowest BCUT2D eigenvalue weighted by atomic mass is 10.0. The summed E-state index contributed by atoms with van der Waals surface area (Å²) in [6.07, 6.45) is 0. The van der Waals surface area contributed by atoms with E-state index in [9.17, 15) is 5.11 Å². The van der Waals surface area contributed by atoms with Crippen molar-refractivity contribution >= 4 is 5.69 Å². The van der Waals surface area contributed by atoms with Gasteiger partial charge in [-0.05, 0) is 41.8 Å². The quantitative estimate of drug-likeness (QED) is 0.834. The van der Waals surface area contributed by atoms with Gasteiger partial charge in [-0.1, -0.05) is 38.1 Å². The molecule has 4 nitrogen and oxygen atoms in total. The molecule has 1 saturated heterocycles. The second kappa shape index (κ2) is 8.56. The number of benzene rings is 2. The zero-order valence-electron chi connectivity index (χ0n) is 16.2. The number of hydrogen-bond donors (Lipinski definition) is 2. The minimum Gasteiger partial charge on any atom is -0.508 e. The third-order valence-electron chi connectivity index (χ3n) is 5.13. The summed E-state index contributed by atoms with van der Waals surface area (Å²) in [6, 6.07) is 15.1. The van der Waals surface area contributed by atoms with Crippen LogP contribution in [-0.4, -0.2) is 55.3 Å². The minimum absolute atomic E-state index is 0.356. The van der Waals surface area contributed by atoms with Gasteiger partial charge in [0.1, 0.15) is 5.75 Å².